The Hall–Kier alpha value is -2.17. The molecule has 0 spiro atoms. The number of carbonyl (C=O) groups excluding carboxylic acids is 2. The van der Waals surface area contributed by atoms with Crippen molar-refractivity contribution in [2.75, 3.05) is 13.7 Å². The highest BCUT2D eigenvalue weighted by Gasteiger charge is 2.21. The maximum atomic E-state index is 14.0. The molecule has 1 aromatic carbocycles. The van der Waals surface area contributed by atoms with E-state index in [-0.39, 0.29) is 17.7 Å². The van der Waals surface area contributed by atoms with Crippen LogP contribution in [0, 0.1) is 0 Å². The minimum Gasteiger partial charge on any atom is -0.465 e. The van der Waals surface area contributed by atoms with E-state index in [1.54, 1.807) is 6.92 Å². The number of hydrogen-bond acceptors (Lipinski definition) is 4. The number of halogens is 1. The molecule has 1 aromatic rings. The smallest absolute Gasteiger partial charge is 0.337 e. The lowest BCUT2D eigenvalue weighted by Gasteiger charge is -2.11. The van der Waals surface area contributed by atoms with Gasteiger partial charge in [-0.3, -0.25) is 0 Å². The Morgan fingerprint density at radius 3 is 2.37 bits per heavy atom. The van der Waals surface area contributed by atoms with Crippen molar-refractivity contribution in [1.29, 1.82) is 0 Å². The molecule has 1 atom stereocenters. The van der Waals surface area contributed by atoms with Crippen LogP contribution in [0.25, 0.3) is 0 Å². The van der Waals surface area contributed by atoms with Gasteiger partial charge >= 0.3 is 11.9 Å². The second kappa shape index (κ2) is 6.68. The molecule has 19 heavy (non-hydrogen) atoms. The molecule has 0 radical (unpaired) electrons. The number of rotatable bonds is 5. The molecule has 0 aromatic heterocycles. The van der Waals surface area contributed by atoms with E-state index < -0.39 is 18.1 Å². The van der Waals surface area contributed by atoms with Crippen molar-refractivity contribution in [2.45, 2.75) is 13.1 Å². The van der Waals surface area contributed by atoms with Crippen LogP contribution < -0.4 is 0 Å². The molecule has 1 rings (SSSR count). The van der Waals surface area contributed by atoms with Gasteiger partial charge in [-0.2, -0.15) is 0 Å². The predicted molar refractivity (Wildman–Crippen MR) is 67.4 cm³/mol. The van der Waals surface area contributed by atoms with E-state index in [0.717, 1.165) is 0 Å². The Bertz CT molecular complexity index is 479. The van der Waals surface area contributed by atoms with Gasteiger partial charge in [-0.1, -0.05) is 18.7 Å². The molecule has 0 heterocycles. The average molecular weight is 266 g/mol. The van der Waals surface area contributed by atoms with Gasteiger partial charge in [0.25, 0.3) is 0 Å². The molecule has 0 bridgehead atoms. The Labute approximate surface area is 110 Å². The zero-order chi connectivity index (χ0) is 14.4. The highest BCUT2D eigenvalue weighted by atomic mass is 19.1. The minimum atomic E-state index is -1.66. The van der Waals surface area contributed by atoms with Crippen LogP contribution in [0.15, 0.2) is 36.4 Å². The number of alkyl halides is 1. The van der Waals surface area contributed by atoms with Gasteiger partial charge in [0.1, 0.15) is 0 Å². The molecule has 102 valence electrons. The first-order valence-electron chi connectivity index (χ1n) is 5.69. The molecular weight excluding hydrogens is 251 g/mol. The van der Waals surface area contributed by atoms with Crippen LogP contribution in [-0.2, 0) is 14.3 Å². The van der Waals surface area contributed by atoms with E-state index in [1.807, 2.05) is 0 Å². The standard InChI is InChI=1S/C14H15FO4/c1-4-19-13(16)9(2)12(15)10-5-7-11(8-6-10)14(17)18-3/h5-8,12H,2,4H2,1,3H3. The lowest BCUT2D eigenvalue weighted by atomic mass is 10.0. The predicted octanol–water partition coefficient (Wildman–Crippen LogP) is 2.60. The van der Waals surface area contributed by atoms with Crippen LogP contribution in [0.5, 0.6) is 0 Å². The maximum absolute atomic E-state index is 14.0. The number of hydrogen-bond donors (Lipinski definition) is 0. The highest BCUT2D eigenvalue weighted by Crippen LogP contribution is 2.26. The highest BCUT2D eigenvalue weighted by molar-refractivity contribution is 5.90. The van der Waals surface area contributed by atoms with Gasteiger partial charge in [0.05, 0.1) is 24.9 Å². The first-order chi connectivity index (χ1) is 9.01. The molecule has 1 unspecified atom stereocenters. The molecular formula is C14H15FO4. The van der Waals surface area contributed by atoms with Crippen molar-refractivity contribution in [3.63, 3.8) is 0 Å². The van der Waals surface area contributed by atoms with Gasteiger partial charge in [0, 0.05) is 0 Å². The fourth-order valence-corrected chi connectivity index (χ4v) is 1.43. The first-order valence-corrected chi connectivity index (χ1v) is 5.69. The number of ether oxygens (including phenoxy) is 2. The van der Waals surface area contributed by atoms with Crippen molar-refractivity contribution in [1.82, 2.24) is 0 Å². The van der Waals surface area contributed by atoms with Crippen molar-refractivity contribution in [2.24, 2.45) is 0 Å². The van der Waals surface area contributed by atoms with Gasteiger partial charge in [0.2, 0.25) is 0 Å². The summed E-state index contributed by atoms with van der Waals surface area (Å²) in [5.74, 6) is -1.28. The fourth-order valence-electron chi connectivity index (χ4n) is 1.43. The quantitative estimate of drug-likeness (QED) is 0.607. The Kier molecular flexibility index (Phi) is 5.23. The molecule has 0 aliphatic carbocycles. The molecule has 0 saturated heterocycles. The van der Waals surface area contributed by atoms with Crippen LogP contribution in [0.2, 0.25) is 0 Å². The third-order valence-corrected chi connectivity index (χ3v) is 2.47. The molecule has 5 heteroatoms. The van der Waals surface area contributed by atoms with E-state index >= 15 is 0 Å². The summed E-state index contributed by atoms with van der Waals surface area (Å²) in [6.07, 6.45) is -1.66. The topological polar surface area (TPSA) is 52.6 Å². The lowest BCUT2D eigenvalue weighted by molar-refractivity contribution is -0.139. The summed E-state index contributed by atoms with van der Waals surface area (Å²) in [6, 6.07) is 5.65. The minimum absolute atomic E-state index is 0.159. The summed E-state index contributed by atoms with van der Waals surface area (Å²) in [5.41, 5.74) is 0.263. The summed E-state index contributed by atoms with van der Waals surface area (Å²) in [5, 5.41) is 0. The second-order valence-corrected chi connectivity index (χ2v) is 3.72. The summed E-state index contributed by atoms with van der Waals surface area (Å²) >= 11 is 0. The van der Waals surface area contributed by atoms with Crippen molar-refractivity contribution in [3.05, 3.63) is 47.5 Å². The number of carbonyl (C=O) groups is 2. The summed E-state index contributed by atoms with van der Waals surface area (Å²) < 4.78 is 23.2. The zero-order valence-electron chi connectivity index (χ0n) is 10.8. The van der Waals surface area contributed by atoms with Crippen LogP contribution in [0.4, 0.5) is 4.39 Å². The first kappa shape index (κ1) is 14.9. The number of esters is 2. The third kappa shape index (κ3) is 3.64. The van der Waals surface area contributed by atoms with E-state index in [2.05, 4.69) is 16.1 Å². The SMILES string of the molecule is C=C(C(=O)OCC)C(F)c1ccc(C(=O)OC)cc1. The van der Waals surface area contributed by atoms with Gasteiger partial charge in [-0.15, -0.1) is 0 Å². The molecule has 0 amide bonds. The third-order valence-electron chi connectivity index (χ3n) is 2.47. The summed E-state index contributed by atoms with van der Waals surface area (Å²) in [4.78, 5) is 22.6. The van der Waals surface area contributed by atoms with Crippen molar-refractivity contribution < 1.29 is 23.5 Å². The molecule has 0 aliphatic rings. The van der Waals surface area contributed by atoms with E-state index in [0.29, 0.717) is 5.56 Å². The number of benzene rings is 1. The Balaban J connectivity index is 2.83. The maximum Gasteiger partial charge on any atom is 0.337 e. The molecule has 0 aliphatic heterocycles. The molecule has 0 fully saturated rings. The van der Waals surface area contributed by atoms with Crippen LogP contribution in [0.3, 0.4) is 0 Å². The summed E-state index contributed by atoms with van der Waals surface area (Å²) in [6.45, 7) is 5.17. The zero-order valence-corrected chi connectivity index (χ0v) is 10.8. The van der Waals surface area contributed by atoms with Gasteiger partial charge in [-0.25, -0.2) is 14.0 Å². The molecule has 0 N–H and O–H groups in total. The van der Waals surface area contributed by atoms with E-state index in [1.165, 1.54) is 31.4 Å². The van der Waals surface area contributed by atoms with Crippen LogP contribution in [0.1, 0.15) is 29.0 Å². The molecule has 0 saturated carbocycles. The Morgan fingerprint density at radius 2 is 1.89 bits per heavy atom. The van der Waals surface area contributed by atoms with Gasteiger partial charge < -0.3 is 9.47 Å². The van der Waals surface area contributed by atoms with Crippen LogP contribution in [-0.4, -0.2) is 25.7 Å². The van der Waals surface area contributed by atoms with Crippen LogP contribution >= 0.6 is 0 Å². The van der Waals surface area contributed by atoms with Gasteiger partial charge in [0.15, 0.2) is 6.17 Å². The number of methoxy groups -OCH3 is 1. The summed E-state index contributed by atoms with van der Waals surface area (Å²) in [7, 11) is 1.26. The van der Waals surface area contributed by atoms with Gasteiger partial charge in [-0.05, 0) is 24.6 Å². The van der Waals surface area contributed by atoms with E-state index in [9.17, 15) is 14.0 Å². The Morgan fingerprint density at radius 1 is 1.32 bits per heavy atom. The lowest BCUT2D eigenvalue weighted by Crippen LogP contribution is -2.11. The van der Waals surface area contributed by atoms with Crippen molar-refractivity contribution >= 4 is 11.9 Å². The van der Waals surface area contributed by atoms with E-state index in [4.69, 9.17) is 0 Å². The largest absolute Gasteiger partial charge is 0.465 e. The fraction of sp³-hybridized carbons (Fsp3) is 0.286. The normalized spacial score (nSPS) is 11.5. The van der Waals surface area contributed by atoms with Crippen molar-refractivity contribution in [3.8, 4) is 0 Å². The molecule has 4 nitrogen and oxygen atoms in total. The monoisotopic (exact) mass is 266 g/mol. The average Bonchev–Trinajstić information content (AvgIpc) is 2.45. The second-order valence-electron chi connectivity index (χ2n) is 3.72.